The molecule has 2 fully saturated rings. The zero-order valence-electron chi connectivity index (χ0n) is 22.0. The second-order valence-corrected chi connectivity index (χ2v) is 10.7. The fraction of sp³-hybridized carbons (Fsp3) is 0.517. The zero-order chi connectivity index (χ0) is 28.0. The molecule has 2 heterocycles. The van der Waals surface area contributed by atoms with Crippen molar-refractivity contribution in [2.45, 2.75) is 50.2 Å². The molecular weight excluding hydrogens is 533 g/mol. The summed E-state index contributed by atoms with van der Waals surface area (Å²) in [5, 5.41) is 0.339. The topological polar surface area (TPSA) is 59.1 Å². The summed E-state index contributed by atoms with van der Waals surface area (Å²) in [5.74, 6) is -2.17. The minimum absolute atomic E-state index is 0.0178. The van der Waals surface area contributed by atoms with Crippen LogP contribution in [0.3, 0.4) is 0 Å². The quantitative estimate of drug-likeness (QED) is 0.334. The van der Waals surface area contributed by atoms with E-state index in [2.05, 4.69) is 0 Å². The summed E-state index contributed by atoms with van der Waals surface area (Å²) in [6.45, 7) is 2.23. The third-order valence-electron chi connectivity index (χ3n) is 7.57. The molecule has 0 aliphatic carbocycles. The molecule has 1 atom stereocenters. The van der Waals surface area contributed by atoms with Gasteiger partial charge in [0.25, 0.3) is 5.91 Å². The number of amides is 2. The lowest BCUT2D eigenvalue weighted by molar-refractivity contribution is -0.172. The van der Waals surface area contributed by atoms with Crippen molar-refractivity contribution in [1.82, 2.24) is 9.80 Å². The van der Waals surface area contributed by atoms with Gasteiger partial charge in [-0.05, 0) is 55.4 Å². The number of rotatable bonds is 10. The molecule has 2 aliphatic rings. The SMILES string of the molecule is CN(C(=O)c1ccc(OCCCCC2CCN(C(=O)C(c3ccccc3)C(F)(F)F)CC2)cc1Cl)C1COC1. The number of likely N-dealkylation sites (N-methyl/N-ethyl adjacent to an activating group) is 1. The number of halogens is 4. The fourth-order valence-electron chi connectivity index (χ4n) is 5.03. The lowest BCUT2D eigenvalue weighted by Crippen LogP contribution is -2.49. The van der Waals surface area contributed by atoms with Crippen molar-refractivity contribution >= 4 is 23.4 Å². The second kappa shape index (κ2) is 13.0. The zero-order valence-corrected chi connectivity index (χ0v) is 22.7. The van der Waals surface area contributed by atoms with E-state index in [9.17, 15) is 22.8 Å². The number of hydrogen-bond donors (Lipinski definition) is 0. The van der Waals surface area contributed by atoms with E-state index < -0.39 is 18.0 Å². The van der Waals surface area contributed by atoms with Crippen molar-refractivity contribution in [1.29, 1.82) is 0 Å². The third-order valence-corrected chi connectivity index (χ3v) is 7.88. The van der Waals surface area contributed by atoms with Gasteiger partial charge in [-0.25, -0.2) is 0 Å². The van der Waals surface area contributed by atoms with Crippen LogP contribution in [0, 0.1) is 5.92 Å². The highest BCUT2D eigenvalue weighted by Crippen LogP contribution is 2.37. The summed E-state index contributed by atoms with van der Waals surface area (Å²) in [5.41, 5.74) is 0.407. The smallest absolute Gasteiger partial charge is 0.404 e. The molecule has 0 bridgehead atoms. The first kappa shape index (κ1) is 29.2. The Balaban J connectivity index is 1.17. The highest BCUT2D eigenvalue weighted by Gasteiger charge is 2.47. The molecule has 6 nitrogen and oxygen atoms in total. The predicted molar refractivity (Wildman–Crippen MR) is 142 cm³/mol. The summed E-state index contributed by atoms with van der Waals surface area (Å²) in [4.78, 5) is 28.4. The van der Waals surface area contributed by atoms with E-state index in [0.29, 0.717) is 68.0 Å². The van der Waals surface area contributed by atoms with Gasteiger partial charge in [0.05, 0.1) is 36.4 Å². The van der Waals surface area contributed by atoms with Crippen LogP contribution in [-0.2, 0) is 9.53 Å². The monoisotopic (exact) mass is 566 g/mol. The molecule has 10 heteroatoms. The van der Waals surface area contributed by atoms with Crippen LogP contribution < -0.4 is 4.74 Å². The summed E-state index contributed by atoms with van der Waals surface area (Å²) in [6, 6.07) is 12.5. The van der Waals surface area contributed by atoms with Gasteiger partial charge in [0, 0.05) is 20.1 Å². The van der Waals surface area contributed by atoms with Gasteiger partial charge in [-0.15, -0.1) is 0 Å². The molecule has 0 N–H and O–H groups in total. The van der Waals surface area contributed by atoms with E-state index >= 15 is 0 Å². The Hall–Kier alpha value is -2.78. The lowest BCUT2D eigenvalue weighted by atomic mass is 9.90. The Morgan fingerprint density at radius 1 is 1.10 bits per heavy atom. The average molecular weight is 567 g/mol. The molecule has 4 rings (SSSR count). The van der Waals surface area contributed by atoms with Crippen LogP contribution in [0.25, 0.3) is 0 Å². The normalized spacial score (nSPS) is 17.4. The van der Waals surface area contributed by atoms with Gasteiger partial charge in [-0.1, -0.05) is 48.4 Å². The van der Waals surface area contributed by atoms with E-state index in [0.717, 1.165) is 19.3 Å². The van der Waals surface area contributed by atoms with E-state index in [-0.39, 0.29) is 17.5 Å². The van der Waals surface area contributed by atoms with Crippen LogP contribution in [0.2, 0.25) is 5.02 Å². The predicted octanol–water partition coefficient (Wildman–Crippen LogP) is 5.94. The number of ether oxygens (including phenoxy) is 2. The van der Waals surface area contributed by atoms with Crippen molar-refractivity contribution < 1.29 is 32.2 Å². The minimum Gasteiger partial charge on any atom is -0.494 e. The Labute approximate surface area is 232 Å². The summed E-state index contributed by atoms with van der Waals surface area (Å²) < 4.78 is 52.1. The van der Waals surface area contributed by atoms with Gasteiger partial charge < -0.3 is 19.3 Å². The summed E-state index contributed by atoms with van der Waals surface area (Å²) in [7, 11) is 1.74. The number of likely N-dealkylation sites (tertiary alicyclic amines) is 1. The Morgan fingerprint density at radius 2 is 1.79 bits per heavy atom. The number of nitrogens with zero attached hydrogens (tertiary/aromatic N) is 2. The molecule has 2 aliphatic heterocycles. The first-order valence-corrected chi connectivity index (χ1v) is 13.7. The van der Waals surface area contributed by atoms with Gasteiger partial charge in [0.15, 0.2) is 5.92 Å². The molecule has 2 aromatic rings. The van der Waals surface area contributed by atoms with E-state index in [1.54, 1.807) is 36.2 Å². The van der Waals surface area contributed by atoms with Gasteiger partial charge in [0.1, 0.15) is 5.75 Å². The highest BCUT2D eigenvalue weighted by molar-refractivity contribution is 6.34. The van der Waals surface area contributed by atoms with Gasteiger partial charge >= 0.3 is 6.18 Å². The van der Waals surface area contributed by atoms with Gasteiger partial charge in [0.2, 0.25) is 5.91 Å². The van der Waals surface area contributed by atoms with Crippen LogP contribution in [0.4, 0.5) is 13.2 Å². The van der Waals surface area contributed by atoms with Crippen LogP contribution in [0.15, 0.2) is 48.5 Å². The summed E-state index contributed by atoms with van der Waals surface area (Å²) in [6.07, 6.45) is -0.593. The Kier molecular flexibility index (Phi) is 9.77. The van der Waals surface area contributed by atoms with E-state index in [1.807, 2.05) is 0 Å². The first-order chi connectivity index (χ1) is 18.6. The van der Waals surface area contributed by atoms with Crippen LogP contribution >= 0.6 is 11.6 Å². The van der Waals surface area contributed by atoms with Crippen molar-refractivity contribution in [2.75, 3.05) is 40.0 Å². The number of piperidine rings is 1. The molecule has 2 amide bonds. The van der Waals surface area contributed by atoms with Gasteiger partial charge in [-0.3, -0.25) is 9.59 Å². The third kappa shape index (κ3) is 7.45. The fourth-order valence-corrected chi connectivity index (χ4v) is 5.28. The van der Waals surface area contributed by atoms with Crippen molar-refractivity contribution in [3.05, 3.63) is 64.7 Å². The number of carbonyl (C=O) groups is 2. The molecule has 0 aromatic heterocycles. The number of unbranched alkanes of at least 4 members (excludes halogenated alkanes) is 1. The van der Waals surface area contributed by atoms with E-state index in [1.165, 1.54) is 29.2 Å². The molecule has 2 aromatic carbocycles. The van der Waals surface area contributed by atoms with Crippen molar-refractivity contribution in [3.8, 4) is 5.75 Å². The second-order valence-electron chi connectivity index (χ2n) is 10.2. The number of benzene rings is 2. The lowest BCUT2D eigenvalue weighted by Gasteiger charge is -2.35. The molecule has 0 spiro atoms. The number of hydrogen-bond acceptors (Lipinski definition) is 4. The molecule has 1 unspecified atom stereocenters. The molecule has 0 radical (unpaired) electrons. The maximum Gasteiger partial charge on any atom is 0.404 e. The minimum atomic E-state index is -4.63. The maximum absolute atomic E-state index is 13.7. The van der Waals surface area contributed by atoms with Crippen LogP contribution in [-0.4, -0.2) is 73.8 Å². The maximum atomic E-state index is 13.7. The van der Waals surface area contributed by atoms with Crippen LogP contribution in [0.5, 0.6) is 5.75 Å². The Bertz CT molecular complexity index is 1120. The van der Waals surface area contributed by atoms with Gasteiger partial charge in [-0.2, -0.15) is 13.2 Å². The van der Waals surface area contributed by atoms with Crippen molar-refractivity contribution in [3.63, 3.8) is 0 Å². The van der Waals surface area contributed by atoms with E-state index in [4.69, 9.17) is 21.1 Å². The average Bonchev–Trinajstić information content (AvgIpc) is 2.87. The molecular formula is C29H34ClF3N2O4. The standard InChI is InChI=1S/C29H34ClF3N2O4/c1-34(22-18-38-19-22)27(36)24-11-10-23(17-25(24)30)39-16-6-5-7-20-12-14-35(15-13-20)28(37)26(29(31,32)33)21-8-3-2-4-9-21/h2-4,8-11,17,20,22,26H,5-7,12-16,18-19H2,1H3. The molecule has 2 saturated heterocycles. The Morgan fingerprint density at radius 3 is 2.38 bits per heavy atom. The first-order valence-electron chi connectivity index (χ1n) is 13.3. The molecule has 212 valence electrons. The van der Waals surface area contributed by atoms with Crippen molar-refractivity contribution in [2.24, 2.45) is 5.92 Å². The number of alkyl halides is 3. The molecule has 0 saturated carbocycles. The number of carbonyl (C=O) groups excluding carboxylic acids is 2. The summed E-state index contributed by atoms with van der Waals surface area (Å²) >= 11 is 6.34. The highest BCUT2D eigenvalue weighted by atomic mass is 35.5. The molecule has 39 heavy (non-hydrogen) atoms. The van der Waals surface area contributed by atoms with Crippen LogP contribution in [0.1, 0.15) is 53.9 Å². The largest absolute Gasteiger partial charge is 0.494 e.